The van der Waals surface area contributed by atoms with Gasteiger partial charge in [-0.1, -0.05) is 6.07 Å². The molecule has 36 heavy (non-hydrogen) atoms. The minimum absolute atomic E-state index is 0.171. The standard InChI is InChI=1S/C26H29F3N6S/c1-15-17(4-5-23-21(15)10-19(13-30)32-23)14-35-8-6-18(7-9-35)33-24-22-11-20(12-26(27,28)29)36-25(22)34(3)16(2)31-24/h4-5,10-11,18,25,32-33H,6-9,12,14H2,1-3H3. The van der Waals surface area contributed by atoms with E-state index in [0.717, 1.165) is 54.8 Å². The van der Waals surface area contributed by atoms with E-state index in [1.54, 1.807) is 6.08 Å². The van der Waals surface area contributed by atoms with Gasteiger partial charge >= 0.3 is 6.18 Å². The second-order valence-corrected chi connectivity index (χ2v) is 11.0. The lowest BCUT2D eigenvalue weighted by Gasteiger charge is -2.36. The van der Waals surface area contributed by atoms with E-state index < -0.39 is 12.6 Å². The van der Waals surface area contributed by atoms with Crippen molar-refractivity contribution in [3.8, 4) is 6.07 Å². The number of nitriles is 1. The summed E-state index contributed by atoms with van der Waals surface area (Å²) in [5.74, 6) is 1.51. The number of likely N-dealkylation sites (tertiary alicyclic amines) is 1. The number of nitrogens with one attached hydrogen (secondary N) is 2. The normalized spacial score (nSPS) is 21.5. The molecule has 6 nitrogen and oxygen atoms in total. The van der Waals surface area contributed by atoms with E-state index in [1.165, 1.54) is 22.9 Å². The number of fused-ring (bicyclic) bond motifs is 2. The first kappa shape index (κ1) is 24.8. The number of benzene rings is 1. The maximum Gasteiger partial charge on any atom is 0.393 e. The molecule has 0 amide bonds. The van der Waals surface area contributed by atoms with Crippen molar-refractivity contribution in [1.82, 2.24) is 20.1 Å². The zero-order valence-electron chi connectivity index (χ0n) is 20.5. The third-order valence-corrected chi connectivity index (χ3v) is 8.62. The largest absolute Gasteiger partial charge is 0.393 e. The van der Waals surface area contributed by atoms with Gasteiger partial charge in [0.1, 0.15) is 28.8 Å². The second kappa shape index (κ2) is 9.52. The Morgan fingerprint density at radius 1 is 1.25 bits per heavy atom. The van der Waals surface area contributed by atoms with Crippen LogP contribution in [-0.4, -0.2) is 58.3 Å². The number of piperidine rings is 1. The summed E-state index contributed by atoms with van der Waals surface area (Å²) >= 11 is 1.27. The summed E-state index contributed by atoms with van der Waals surface area (Å²) in [6.45, 7) is 6.69. The molecular formula is C26H29F3N6S. The van der Waals surface area contributed by atoms with E-state index in [0.29, 0.717) is 16.4 Å². The number of rotatable bonds is 5. The quantitative estimate of drug-likeness (QED) is 0.560. The molecule has 0 aliphatic carbocycles. The van der Waals surface area contributed by atoms with Crippen molar-refractivity contribution in [2.24, 2.45) is 4.99 Å². The fraction of sp³-hybridized carbons (Fsp3) is 0.462. The number of H-pyrrole nitrogens is 1. The molecule has 1 aromatic heterocycles. The molecule has 4 heterocycles. The van der Waals surface area contributed by atoms with Crippen LogP contribution in [0, 0.1) is 18.3 Å². The molecule has 1 unspecified atom stereocenters. The van der Waals surface area contributed by atoms with Crippen molar-refractivity contribution in [3.63, 3.8) is 0 Å². The van der Waals surface area contributed by atoms with Crippen molar-refractivity contribution in [2.75, 3.05) is 20.1 Å². The predicted octanol–water partition coefficient (Wildman–Crippen LogP) is 5.39. The summed E-state index contributed by atoms with van der Waals surface area (Å²) in [5.41, 5.74) is 4.84. The Balaban J connectivity index is 1.25. The van der Waals surface area contributed by atoms with Crippen LogP contribution in [0.2, 0.25) is 0 Å². The number of hydrogen-bond acceptors (Lipinski definition) is 6. The summed E-state index contributed by atoms with van der Waals surface area (Å²) in [6.07, 6.45) is -1.58. The number of alkyl halides is 3. The highest BCUT2D eigenvalue weighted by molar-refractivity contribution is 8.04. The molecule has 2 N–H and O–H groups in total. The molecule has 0 saturated carbocycles. The number of nitrogens with zero attached hydrogens (tertiary/aromatic N) is 4. The van der Waals surface area contributed by atoms with Crippen LogP contribution < -0.4 is 5.32 Å². The Morgan fingerprint density at radius 2 is 2.00 bits per heavy atom. The topological polar surface area (TPSA) is 70.5 Å². The maximum absolute atomic E-state index is 13.0. The number of amidine groups is 1. The zero-order valence-corrected chi connectivity index (χ0v) is 21.4. The van der Waals surface area contributed by atoms with E-state index in [1.807, 2.05) is 31.0 Å². The van der Waals surface area contributed by atoms with Crippen LogP contribution in [0.5, 0.6) is 0 Å². The van der Waals surface area contributed by atoms with Crippen molar-refractivity contribution in [2.45, 2.75) is 57.2 Å². The number of hydrogen-bond donors (Lipinski definition) is 2. The Labute approximate surface area is 212 Å². The molecular weight excluding hydrogens is 485 g/mol. The van der Waals surface area contributed by atoms with E-state index in [2.05, 4.69) is 34.3 Å². The molecule has 1 atom stereocenters. The predicted molar refractivity (Wildman–Crippen MR) is 137 cm³/mol. The molecule has 3 aliphatic rings. The van der Waals surface area contributed by atoms with E-state index in [9.17, 15) is 18.4 Å². The Morgan fingerprint density at radius 3 is 2.69 bits per heavy atom. The van der Waals surface area contributed by atoms with E-state index >= 15 is 0 Å². The monoisotopic (exact) mass is 514 g/mol. The van der Waals surface area contributed by atoms with Crippen molar-refractivity contribution < 1.29 is 13.2 Å². The van der Waals surface area contributed by atoms with Crippen LogP contribution in [0.15, 0.2) is 45.6 Å². The number of thioether (sulfide) groups is 1. The summed E-state index contributed by atoms with van der Waals surface area (Å²) in [7, 11) is 1.88. The van der Waals surface area contributed by atoms with Crippen molar-refractivity contribution in [1.29, 1.82) is 5.26 Å². The number of likely N-dealkylation sites (N-methyl/N-ethyl adjacent to an activating group) is 1. The van der Waals surface area contributed by atoms with Crippen LogP contribution in [0.4, 0.5) is 13.2 Å². The maximum atomic E-state index is 13.0. The Hall–Kier alpha value is -2.90. The van der Waals surface area contributed by atoms with Gasteiger partial charge in [-0.25, -0.2) is 4.99 Å². The van der Waals surface area contributed by atoms with Crippen molar-refractivity contribution in [3.05, 3.63) is 57.4 Å². The fourth-order valence-electron chi connectivity index (χ4n) is 5.13. The van der Waals surface area contributed by atoms with Crippen LogP contribution in [0.25, 0.3) is 10.9 Å². The Kier molecular flexibility index (Phi) is 6.55. The molecule has 5 rings (SSSR count). The molecule has 3 aliphatic heterocycles. The van der Waals surface area contributed by atoms with Gasteiger partial charge in [-0.15, -0.1) is 11.8 Å². The first-order valence-corrected chi connectivity index (χ1v) is 13.0. The summed E-state index contributed by atoms with van der Waals surface area (Å²) in [4.78, 5) is 12.5. The average molecular weight is 515 g/mol. The fourth-order valence-corrected chi connectivity index (χ4v) is 6.48. The van der Waals surface area contributed by atoms with Crippen molar-refractivity contribution >= 4 is 28.5 Å². The van der Waals surface area contributed by atoms with Crippen LogP contribution in [0.3, 0.4) is 0 Å². The van der Waals surface area contributed by atoms with Gasteiger partial charge in [0.15, 0.2) is 0 Å². The lowest BCUT2D eigenvalue weighted by atomic mass is 10.0. The molecule has 0 bridgehead atoms. The Bertz CT molecular complexity index is 1310. The number of halogens is 3. The third-order valence-electron chi connectivity index (χ3n) is 7.26. The van der Waals surface area contributed by atoms with E-state index in [4.69, 9.17) is 4.99 Å². The number of aryl methyl sites for hydroxylation is 1. The molecule has 1 saturated heterocycles. The third kappa shape index (κ3) is 5.00. The molecule has 10 heteroatoms. The van der Waals surface area contributed by atoms with Gasteiger partial charge < -0.3 is 15.2 Å². The highest BCUT2D eigenvalue weighted by Crippen LogP contribution is 2.45. The highest BCUT2D eigenvalue weighted by Gasteiger charge is 2.38. The van der Waals surface area contributed by atoms with Gasteiger partial charge in [0.05, 0.1) is 6.42 Å². The first-order chi connectivity index (χ1) is 17.1. The molecule has 1 aromatic carbocycles. The van der Waals surface area contributed by atoms with Crippen LogP contribution in [0.1, 0.15) is 43.0 Å². The SMILES string of the molecule is CC1=NC(NC2CCN(Cc3ccc4[nH]c(C#N)cc4c3C)CC2)=C2C=C(CC(F)(F)F)SC2N1C. The molecule has 0 radical (unpaired) electrons. The minimum Gasteiger partial charge on any atom is -0.367 e. The number of aliphatic imine (C=N–C) groups is 1. The lowest BCUT2D eigenvalue weighted by Crippen LogP contribution is -2.44. The molecule has 190 valence electrons. The second-order valence-electron chi connectivity index (χ2n) is 9.75. The smallest absolute Gasteiger partial charge is 0.367 e. The number of aromatic nitrogens is 1. The zero-order chi connectivity index (χ0) is 25.6. The summed E-state index contributed by atoms with van der Waals surface area (Å²) < 4.78 is 39.0. The van der Waals surface area contributed by atoms with E-state index in [-0.39, 0.29) is 11.4 Å². The van der Waals surface area contributed by atoms with Gasteiger partial charge in [0.25, 0.3) is 0 Å². The van der Waals surface area contributed by atoms with Gasteiger partial charge in [0, 0.05) is 49.2 Å². The number of aromatic amines is 1. The minimum atomic E-state index is -4.22. The van der Waals surface area contributed by atoms with Gasteiger partial charge in [-0.3, -0.25) is 4.90 Å². The summed E-state index contributed by atoms with van der Waals surface area (Å²) in [6, 6.07) is 8.47. The van der Waals surface area contributed by atoms with Crippen LogP contribution in [-0.2, 0) is 6.54 Å². The van der Waals surface area contributed by atoms with Gasteiger partial charge in [-0.05, 0) is 60.9 Å². The molecule has 1 fully saturated rings. The lowest BCUT2D eigenvalue weighted by molar-refractivity contribution is -0.125. The number of allylic oxidation sites excluding steroid dienone is 1. The highest BCUT2D eigenvalue weighted by atomic mass is 32.2. The molecule has 2 aromatic rings. The van der Waals surface area contributed by atoms with Gasteiger partial charge in [0.2, 0.25) is 0 Å². The van der Waals surface area contributed by atoms with Crippen LogP contribution >= 0.6 is 11.8 Å². The average Bonchev–Trinajstić information content (AvgIpc) is 3.44. The van der Waals surface area contributed by atoms with Gasteiger partial charge in [-0.2, -0.15) is 18.4 Å². The first-order valence-electron chi connectivity index (χ1n) is 12.1. The molecule has 0 spiro atoms. The summed E-state index contributed by atoms with van der Waals surface area (Å²) in [5, 5.41) is 13.7.